The number of hydrogen-bond donors (Lipinski definition) is 0. The van der Waals surface area contributed by atoms with Gasteiger partial charge in [-0.15, -0.1) is 0 Å². The van der Waals surface area contributed by atoms with Crippen molar-refractivity contribution in [1.29, 1.82) is 0 Å². The molecule has 3 rings (SSSR count). The number of carbonyl (C=O) groups is 2. The minimum atomic E-state index is 0.00472. The van der Waals surface area contributed by atoms with Crippen LogP contribution in [0.5, 0.6) is 5.75 Å². The van der Waals surface area contributed by atoms with Crippen LogP contribution in [0.4, 0.5) is 0 Å². The van der Waals surface area contributed by atoms with Crippen LogP contribution in [0.1, 0.15) is 48.5 Å². The Morgan fingerprint density at radius 2 is 1.80 bits per heavy atom. The Hall–Kier alpha value is -2.04. The summed E-state index contributed by atoms with van der Waals surface area (Å²) in [6.07, 6.45) is 4.94. The van der Waals surface area contributed by atoms with Gasteiger partial charge in [0.1, 0.15) is 5.75 Å². The molecule has 136 valence electrons. The van der Waals surface area contributed by atoms with Gasteiger partial charge in [0.15, 0.2) is 0 Å². The topological polar surface area (TPSA) is 49.9 Å². The number of ether oxygens (including phenoxy) is 1. The SMILES string of the molecule is CCc1ccc(OC)c(C(=O)N2CCCN(C(=O)C3CCC3)CC2)c1. The van der Waals surface area contributed by atoms with Crippen molar-refractivity contribution in [2.24, 2.45) is 5.92 Å². The fourth-order valence-electron chi connectivity index (χ4n) is 3.57. The molecule has 1 saturated carbocycles. The predicted molar refractivity (Wildman–Crippen MR) is 96.8 cm³/mol. The minimum absolute atomic E-state index is 0.00472. The normalized spacial score (nSPS) is 18.5. The molecule has 5 heteroatoms. The van der Waals surface area contributed by atoms with Gasteiger partial charge in [0, 0.05) is 32.1 Å². The summed E-state index contributed by atoms with van der Waals surface area (Å²) >= 11 is 0. The van der Waals surface area contributed by atoms with Crippen molar-refractivity contribution in [1.82, 2.24) is 9.80 Å². The summed E-state index contributed by atoms with van der Waals surface area (Å²) in [6, 6.07) is 5.80. The molecule has 0 aromatic heterocycles. The summed E-state index contributed by atoms with van der Waals surface area (Å²) in [4.78, 5) is 29.3. The lowest BCUT2D eigenvalue weighted by Crippen LogP contribution is -2.41. The van der Waals surface area contributed by atoms with E-state index < -0.39 is 0 Å². The van der Waals surface area contributed by atoms with E-state index in [1.165, 1.54) is 6.42 Å². The van der Waals surface area contributed by atoms with E-state index in [9.17, 15) is 9.59 Å². The van der Waals surface area contributed by atoms with Crippen LogP contribution < -0.4 is 4.74 Å². The number of nitrogens with zero attached hydrogens (tertiary/aromatic N) is 2. The number of amides is 2. The van der Waals surface area contributed by atoms with Gasteiger partial charge in [-0.3, -0.25) is 9.59 Å². The van der Waals surface area contributed by atoms with Gasteiger partial charge in [0.05, 0.1) is 12.7 Å². The molecule has 1 saturated heterocycles. The summed E-state index contributed by atoms with van der Waals surface area (Å²) in [5, 5.41) is 0. The third kappa shape index (κ3) is 3.80. The zero-order chi connectivity index (χ0) is 17.8. The Balaban J connectivity index is 1.69. The third-order valence-electron chi connectivity index (χ3n) is 5.45. The van der Waals surface area contributed by atoms with Crippen molar-refractivity contribution < 1.29 is 14.3 Å². The minimum Gasteiger partial charge on any atom is -0.496 e. The summed E-state index contributed by atoms with van der Waals surface area (Å²) in [5.74, 6) is 1.13. The lowest BCUT2D eigenvalue weighted by Gasteiger charge is -2.31. The van der Waals surface area contributed by atoms with Gasteiger partial charge >= 0.3 is 0 Å². The average Bonchev–Trinajstić information content (AvgIpc) is 2.85. The van der Waals surface area contributed by atoms with Crippen molar-refractivity contribution >= 4 is 11.8 Å². The highest BCUT2D eigenvalue weighted by Crippen LogP contribution is 2.29. The van der Waals surface area contributed by atoms with Crippen LogP contribution in [0.25, 0.3) is 0 Å². The molecule has 1 aliphatic carbocycles. The number of methoxy groups -OCH3 is 1. The molecule has 2 amide bonds. The first-order valence-electron chi connectivity index (χ1n) is 9.39. The second-order valence-electron chi connectivity index (χ2n) is 6.99. The van der Waals surface area contributed by atoms with Gasteiger partial charge in [-0.1, -0.05) is 19.4 Å². The molecular formula is C20H28N2O3. The van der Waals surface area contributed by atoms with E-state index >= 15 is 0 Å². The Labute approximate surface area is 149 Å². The molecule has 1 aromatic carbocycles. The molecular weight excluding hydrogens is 316 g/mol. The maximum atomic E-state index is 13.0. The molecule has 1 aromatic rings. The number of rotatable bonds is 4. The number of hydrogen-bond acceptors (Lipinski definition) is 3. The number of aryl methyl sites for hydroxylation is 1. The first-order chi connectivity index (χ1) is 12.1. The predicted octanol–water partition coefficient (Wildman–Crippen LogP) is 2.73. The van der Waals surface area contributed by atoms with Crippen molar-refractivity contribution in [3.63, 3.8) is 0 Å². The second kappa shape index (κ2) is 7.89. The maximum absolute atomic E-state index is 13.0. The van der Waals surface area contributed by atoms with Crippen molar-refractivity contribution in [3.05, 3.63) is 29.3 Å². The fraction of sp³-hybridized carbons (Fsp3) is 0.600. The molecule has 0 bridgehead atoms. The number of carbonyl (C=O) groups excluding carboxylic acids is 2. The summed E-state index contributed by atoms with van der Waals surface area (Å²) in [6.45, 7) is 4.75. The fourth-order valence-corrected chi connectivity index (χ4v) is 3.57. The van der Waals surface area contributed by atoms with Crippen LogP contribution in [-0.2, 0) is 11.2 Å². The van der Waals surface area contributed by atoms with Gasteiger partial charge in [-0.2, -0.15) is 0 Å². The molecule has 2 aliphatic rings. The van der Waals surface area contributed by atoms with E-state index in [0.29, 0.717) is 30.9 Å². The first kappa shape index (κ1) is 17.8. The van der Waals surface area contributed by atoms with Crippen LogP contribution >= 0.6 is 0 Å². The molecule has 0 spiro atoms. The van der Waals surface area contributed by atoms with Crippen LogP contribution in [0.15, 0.2) is 18.2 Å². The van der Waals surface area contributed by atoms with Crippen molar-refractivity contribution in [3.8, 4) is 5.75 Å². The van der Waals surface area contributed by atoms with Crippen molar-refractivity contribution in [2.45, 2.75) is 39.0 Å². The van der Waals surface area contributed by atoms with Gasteiger partial charge in [0.2, 0.25) is 5.91 Å². The Morgan fingerprint density at radius 3 is 2.44 bits per heavy atom. The molecule has 1 heterocycles. The molecule has 1 aliphatic heterocycles. The highest BCUT2D eigenvalue weighted by atomic mass is 16.5. The summed E-state index contributed by atoms with van der Waals surface area (Å²) in [7, 11) is 1.60. The van der Waals surface area contributed by atoms with Gasteiger partial charge in [-0.25, -0.2) is 0 Å². The lowest BCUT2D eigenvalue weighted by atomic mass is 9.84. The zero-order valence-corrected chi connectivity index (χ0v) is 15.3. The number of benzene rings is 1. The molecule has 2 fully saturated rings. The highest BCUT2D eigenvalue weighted by molar-refractivity contribution is 5.97. The maximum Gasteiger partial charge on any atom is 0.257 e. The average molecular weight is 344 g/mol. The van der Waals surface area contributed by atoms with Gasteiger partial charge in [-0.05, 0) is 43.4 Å². The van der Waals surface area contributed by atoms with Gasteiger partial charge < -0.3 is 14.5 Å². The molecule has 0 atom stereocenters. The van der Waals surface area contributed by atoms with E-state index in [-0.39, 0.29) is 17.7 Å². The van der Waals surface area contributed by atoms with E-state index in [0.717, 1.165) is 37.8 Å². The standard InChI is InChI=1S/C20H28N2O3/c1-3-15-8-9-18(25-2)17(14-15)20(24)22-11-5-10-21(12-13-22)19(23)16-6-4-7-16/h8-9,14,16H,3-7,10-13H2,1-2H3. The molecule has 5 nitrogen and oxygen atoms in total. The molecule has 0 N–H and O–H groups in total. The Morgan fingerprint density at radius 1 is 1.08 bits per heavy atom. The smallest absolute Gasteiger partial charge is 0.257 e. The third-order valence-corrected chi connectivity index (χ3v) is 5.45. The lowest BCUT2D eigenvalue weighted by molar-refractivity contribution is -0.138. The first-order valence-corrected chi connectivity index (χ1v) is 9.39. The highest BCUT2D eigenvalue weighted by Gasteiger charge is 2.31. The second-order valence-corrected chi connectivity index (χ2v) is 6.99. The van der Waals surface area contributed by atoms with Crippen molar-refractivity contribution in [2.75, 3.05) is 33.3 Å². The van der Waals surface area contributed by atoms with Gasteiger partial charge in [0.25, 0.3) is 5.91 Å². The summed E-state index contributed by atoms with van der Waals surface area (Å²) < 4.78 is 5.39. The van der Waals surface area contributed by atoms with E-state index in [1.807, 2.05) is 28.0 Å². The zero-order valence-electron chi connectivity index (χ0n) is 15.3. The largest absolute Gasteiger partial charge is 0.496 e. The van der Waals surface area contributed by atoms with Crippen LogP contribution in [-0.4, -0.2) is 54.9 Å². The monoisotopic (exact) mass is 344 g/mol. The van der Waals surface area contributed by atoms with Crippen LogP contribution in [0, 0.1) is 5.92 Å². The van der Waals surface area contributed by atoms with E-state index in [2.05, 4.69) is 6.92 Å². The quantitative estimate of drug-likeness (QED) is 0.844. The van der Waals surface area contributed by atoms with E-state index in [1.54, 1.807) is 7.11 Å². The Bertz CT molecular complexity index is 640. The summed E-state index contributed by atoms with van der Waals surface area (Å²) in [5.41, 5.74) is 1.75. The molecule has 25 heavy (non-hydrogen) atoms. The molecule has 0 unspecified atom stereocenters. The van der Waals surface area contributed by atoms with Crippen LogP contribution in [0.2, 0.25) is 0 Å². The van der Waals surface area contributed by atoms with Crippen LogP contribution in [0.3, 0.4) is 0 Å². The Kier molecular flexibility index (Phi) is 5.61. The van der Waals surface area contributed by atoms with E-state index in [4.69, 9.17) is 4.74 Å². The molecule has 0 radical (unpaired) electrons.